The highest BCUT2D eigenvalue weighted by molar-refractivity contribution is 6.35. The van der Waals surface area contributed by atoms with Crippen molar-refractivity contribution in [2.24, 2.45) is 5.92 Å². The Hall–Kier alpha value is -1.32. The van der Waals surface area contributed by atoms with Gasteiger partial charge in [0.1, 0.15) is 5.69 Å². The minimum absolute atomic E-state index is 0.526. The Morgan fingerprint density at radius 1 is 1.35 bits per heavy atom. The number of hydrogen-bond donors (Lipinski definition) is 0. The second kappa shape index (κ2) is 6.42. The summed E-state index contributed by atoms with van der Waals surface area (Å²) in [6, 6.07) is 5.15. The molecule has 0 fully saturated rings. The second-order valence-corrected chi connectivity index (χ2v) is 5.96. The summed E-state index contributed by atoms with van der Waals surface area (Å²) in [5.41, 5.74) is 1.79. The zero-order valence-corrected chi connectivity index (χ0v) is 12.9. The molecule has 0 saturated heterocycles. The highest BCUT2D eigenvalue weighted by Gasteiger charge is 2.14. The molecule has 0 radical (unpaired) electrons. The molecular formula is C15H16Cl2N2O. The number of carbonyl (C=O) groups excluding carboxylic acids is 1. The Morgan fingerprint density at radius 3 is 2.75 bits per heavy atom. The largest absolute Gasteiger partial charge is 0.298 e. The zero-order valence-electron chi connectivity index (χ0n) is 11.4. The van der Waals surface area contributed by atoms with Crippen LogP contribution in [0.25, 0.3) is 11.3 Å². The van der Waals surface area contributed by atoms with E-state index in [1.807, 2.05) is 0 Å². The summed E-state index contributed by atoms with van der Waals surface area (Å²) in [7, 11) is 0. The topological polar surface area (TPSA) is 34.9 Å². The quantitative estimate of drug-likeness (QED) is 0.749. The molecule has 0 atom stereocenters. The summed E-state index contributed by atoms with van der Waals surface area (Å²) in [4.78, 5) is 11.2. The Balaban J connectivity index is 2.40. The van der Waals surface area contributed by atoms with Crippen LogP contribution in [0.4, 0.5) is 0 Å². The van der Waals surface area contributed by atoms with Crippen LogP contribution in [-0.2, 0) is 6.54 Å². The summed E-state index contributed by atoms with van der Waals surface area (Å²) in [6.45, 7) is 5.08. The highest BCUT2D eigenvalue weighted by Crippen LogP contribution is 2.31. The maximum absolute atomic E-state index is 11.2. The van der Waals surface area contributed by atoms with E-state index < -0.39 is 0 Å². The molecule has 0 unspecified atom stereocenters. The van der Waals surface area contributed by atoms with Gasteiger partial charge in [-0.25, -0.2) is 0 Å². The summed E-state index contributed by atoms with van der Waals surface area (Å²) in [5.74, 6) is 0.581. The molecule has 0 amide bonds. The van der Waals surface area contributed by atoms with E-state index in [1.165, 1.54) is 0 Å². The van der Waals surface area contributed by atoms with E-state index in [1.54, 1.807) is 29.1 Å². The molecule has 20 heavy (non-hydrogen) atoms. The van der Waals surface area contributed by atoms with Crippen LogP contribution in [-0.4, -0.2) is 16.1 Å². The van der Waals surface area contributed by atoms with Gasteiger partial charge in [0.2, 0.25) is 0 Å². The monoisotopic (exact) mass is 310 g/mol. The van der Waals surface area contributed by atoms with Gasteiger partial charge in [-0.2, -0.15) is 5.10 Å². The van der Waals surface area contributed by atoms with Crippen molar-refractivity contribution in [1.29, 1.82) is 0 Å². The van der Waals surface area contributed by atoms with Gasteiger partial charge in [-0.3, -0.25) is 9.48 Å². The van der Waals surface area contributed by atoms with Crippen molar-refractivity contribution in [3.8, 4) is 11.3 Å². The first kappa shape index (κ1) is 15.1. The number of hydrogen-bond acceptors (Lipinski definition) is 2. The molecule has 0 aliphatic rings. The SMILES string of the molecule is CC(C)CCn1cc(C=O)c(-c2cc(Cl)ccc2Cl)n1. The summed E-state index contributed by atoms with van der Waals surface area (Å²) in [6.07, 6.45) is 3.55. The van der Waals surface area contributed by atoms with E-state index in [0.29, 0.717) is 32.8 Å². The van der Waals surface area contributed by atoms with E-state index in [2.05, 4.69) is 18.9 Å². The first-order valence-electron chi connectivity index (χ1n) is 6.49. The fourth-order valence-corrected chi connectivity index (χ4v) is 2.30. The predicted octanol–water partition coefficient (Wildman–Crippen LogP) is 4.72. The molecule has 0 aliphatic heterocycles. The highest BCUT2D eigenvalue weighted by atomic mass is 35.5. The standard InChI is InChI=1S/C15H16Cl2N2O/c1-10(2)5-6-19-8-11(9-20)15(18-19)13-7-12(16)3-4-14(13)17/h3-4,7-10H,5-6H2,1-2H3. The van der Waals surface area contributed by atoms with Crippen molar-refractivity contribution in [3.63, 3.8) is 0 Å². The first-order valence-corrected chi connectivity index (χ1v) is 7.25. The van der Waals surface area contributed by atoms with Crippen molar-refractivity contribution in [1.82, 2.24) is 9.78 Å². The molecule has 1 aromatic heterocycles. The average molecular weight is 311 g/mol. The van der Waals surface area contributed by atoms with Gasteiger partial charge in [-0.05, 0) is 30.5 Å². The smallest absolute Gasteiger partial charge is 0.153 e. The molecule has 0 bridgehead atoms. The van der Waals surface area contributed by atoms with Gasteiger partial charge >= 0.3 is 0 Å². The van der Waals surface area contributed by atoms with Crippen molar-refractivity contribution in [2.45, 2.75) is 26.8 Å². The molecule has 1 aromatic carbocycles. The van der Waals surface area contributed by atoms with Crippen LogP contribution in [0.1, 0.15) is 30.6 Å². The Labute approximate surface area is 128 Å². The van der Waals surface area contributed by atoms with Crippen LogP contribution in [0.2, 0.25) is 10.0 Å². The van der Waals surface area contributed by atoms with Gasteiger partial charge in [0.25, 0.3) is 0 Å². The van der Waals surface area contributed by atoms with Crippen molar-refractivity contribution < 1.29 is 4.79 Å². The molecule has 5 heteroatoms. The lowest BCUT2D eigenvalue weighted by atomic mass is 10.1. The lowest BCUT2D eigenvalue weighted by Crippen LogP contribution is -2.02. The van der Waals surface area contributed by atoms with Gasteiger partial charge in [0, 0.05) is 23.3 Å². The number of nitrogens with zero attached hydrogens (tertiary/aromatic N) is 2. The van der Waals surface area contributed by atoms with Crippen LogP contribution in [0.3, 0.4) is 0 Å². The molecular weight excluding hydrogens is 295 g/mol. The van der Waals surface area contributed by atoms with Gasteiger partial charge in [-0.1, -0.05) is 37.0 Å². The maximum atomic E-state index is 11.2. The fourth-order valence-electron chi connectivity index (χ4n) is 1.92. The number of aldehydes is 1. The molecule has 0 saturated carbocycles. The third-order valence-corrected chi connectivity index (χ3v) is 3.60. The predicted molar refractivity (Wildman–Crippen MR) is 82.5 cm³/mol. The summed E-state index contributed by atoms with van der Waals surface area (Å²) >= 11 is 12.2. The molecule has 0 aliphatic carbocycles. The minimum Gasteiger partial charge on any atom is -0.298 e. The molecule has 0 N–H and O–H groups in total. The molecule has 3 nitrogen and oxygen atoms in total. The van der Waals surface area contributed by atoms with Crippen molar-refractivity contribution >= 4 is 29.5 Å². The third-order valence-electron chi connectivity index (χ3n) is 3.04. The van der Waals surface area contributed by atoms with E-state index in [9.17, 15) is 4.79 Å². The first-order chi connectivity index (χ1) is 9.51. The minimum atomic E-state index is 0.526. The average Bonchev–Trinajstić information content (AvgIpc) is 2.82. The second-order valence-electron chi connectivity index (χ2n) is 5.12. The Morgan fingerprint density at radius 2 is 2.10 bits per heavy atom. The fraction of sp³-hybridized carbons (Fsp3) is 0.333. The number of rotatable bonds is 5. The summed E-state index contributed by atoms with van der Waals surface area (Å²) in [5, 5.41) is 5.57. The van der Waals surface area contributed by atoms with Crippen LogP contribution in [0, 0.1) is 5.92 Å². The van der Waals surface area contributed by atoms with Gasteiger partial charge in [-0.15, -0.1) is 0 Å². The Bertz CT molecular complexity index is 620. The number of aryl methyl sites for hydroxylation is 1. The van der Waals surface area contributed by atoms with E-state index in [-0.39, 0.29) is 0 Å². The molecule has 1 heterocycles. The van der Waals surface area contributed by atoms with E-state index in [4.69, 9.17) is 23.2 Å². The van der Waals surface area contributed by atoms with E-state index in [0.717, 1.165) is 19.3 Å². The molecule has 2 aromatic rings. The van der Waals surface area contributed by atoms with Crippen molar-refractivity contribution in [2.75, 3.05) is 0 Å². The van der Waals surface area contributed by atoms with Crippen LogP contribution < -0.4 is 0 Å². The van der Waals surface area contributed by atoms with Gasteiger partial charge in [0.05, 0.1) is 10.6 Å². The van der Waals surface area contributed by atoms with Crippen LogP contribution >= 0.6 is 23.2 Å². The molecule has 2 rings (SSSR count). The molecule has 106 valence electrons. The van der Waals surface area contributed by atoms with Gasteiger partial charge in [0.15, 0.2) is 6.29 Å². The third kappa shape index (κ3) is 3.41. The lowest BCUT2D eigenvalue weighted by Gasteiger charge is -2.05. The summed E-state index contributed by atoms with van der Waals surface area (Å²) < 4.78 is 1.79. The van der Waals surface area contributed by atoms with Crippen molar-refractivity contribution in [3.05, 3.63) is 40.0 Å². The number of aromatic nitrogens is 2. The van der Waals surface area contributed by atoms with Crippen LogP contribution in [0.15, 0.2) is 24.4 Å². The zero-order chi connectivity index (χ0) is 14.7. The number of carbonyl (C=O) groups is 1. The maximum Gasteiger partial charge on any atom is 0.153 e. The number of halogens is 2. The van der Waals surface area contributed by atoms with Gasteiger partial charge < -0.3 is 0 Å². The Kier molecular flexibility index (Phi) is 4.84. The normalized spacial score (nSPS) is 11.1. The van der Waals surface area contributed by atoms with E-state index >= 15 is 0 Å². The lowest BCUT2D eigenvalue weighted by molar-refractivity contribution is 0.112. The number of benzene rings is 1. The molecule has 0 spiro atoms. The van der Waals surface area contributed by atoms with Crippen LogP contribution in [0.5, 0.6) is 0 Å².